The Morgan fingerprint density at radius 2 is 1.83 bits per heavy atom. The summed E-state index contributed by atoms with van der Waals surface area (Å²) in [5, 5.41) is 0. The van der Waals surface area contributed by atoms with Gasteiger partial charge >= 0.3 is 5.97 Å². The van der Waals surface area contributed by atoms with Crippen molar-refractivity contribution >= 4 is 17.7 Å². The number of aromatic nitrogens is 2. The minimum Gasteiger partial charge on any atom is -0.456 e. The van der Waals surface area contributed by atoms with Crippen molar-refractivity contribution in [1.82, 2.24) is 9.97 Å². The highest BCUT2D eigenvalue weighted by atomic mass is 16.5. The molecule has 1 aromatic heterocycles. The van der Waals surface area contributed by atoms with Crippen molar-refractivity contribution in [2.24, 2.45) is 0 Å². The number of benzene rings is 1. The maximum absolute atomic E-state index is 12.4. The van der Waals surface area contributed by atoms with Crippen LogP contribution in [0, 0.1) is 0 Å². The number of hydrogen-bond donors (Lipinski definition) is 0. The molecule has 6 nitrogen and oxygen atoms in total. The fourth-order valence-corrected chi connectivity index (χ4v) is 2.80. The first-order valence-electron chi connectivity index (χ1n) is 8.04. The molecule has 3 rings (SSSR count). The lowest BCUT2D eigenvalue weighted by molar-refractivity contribution is -0.144. The van der Waals surface area contributed by atoms with Crippen molar-refractivity contribution < 1.29 is 14.3 Å². The lowest BCUT2D eigenvalue weighted by Gasteiger charge is -2.33. The predicted octanol–water partition coefficient (Wildman–Crippen LogP) is 2.26. The summed E-state index contributed by atoms with van der Waals surface area (Å²) < 4.78 is 5.26. The number of rotatable bonds is 5. The molecular formula is C18H19N3O3. The molecule has 6 heteroatoms. The van der Waals surface area contributed by atoms with Gasteiger partial charge in [-0.05, 0) is 25.3 Å². The third-order valence-corrected chi connectivity index (χ3v) is 4.03. The zero-order chi connectivity index (χ0) is 16.8. The molecule has 2 aromatic rings. The summed E-state index contributed by atoms with van der Waals surface area (Å²) in [6.45, 7) is 0.458. The molecule has 124 valence electrons. The molecule has 1 aromatic carbocycles. The van der Waals surface area contributed by atoms with E-state index in [-0.39, 0.29) is 12.4 Å². The molecule has 1 atom stereocenters. The van der Waals surface area contributed by atoms with Crippen molar-refractivity contribution in [3.05, 3.63) is 54.4 Å². The molecule has 0 amide bonds. The molecule has 0 radical (unpaired) electrons. The first-order chi connectivity index (χ1) is 11.8. The number of Topliss-reactive ketones (excluding diaryl/α,β-unsaturated/α-hetero) is 1. The zero-order valence-corrected chi connectivity index (χ0v) is 13.3. The largest absolute Gasteiger partial charge is 0.456 e. The van der Waals surface area contributed by atoms with E-state index < -0.39 is 12.0 Å². The van der Waals surface area contributed by atoms with Crippen LogP contribution in [0.1, 0.15) is 29.6 Å². The monoisotopic (exact) mass is 325 g/mol. The molecule has 0 unspecified atom stereocenters. The molecule has 0 spiro atoms. The summed E-state index contributed by atoms with van der Waals surface area (Å²) in [4.78, 5) is 34.8. The van der Waals surface area contributed by atoms with Gasteiger partial charge in [0.15, 0.2) is 12.4 Å². The van der Waals surface area contributed by atoms with E-state index in [9.17, 15) is 9.59 Å². The second kappa shape index (κ2) is 7.68. The molecule has 1 aliphatic heterocycles. The average Bonchev–Trinajstić information content (AvgIpc) is 2.67. The fraction of sp³-hybridized carbons (Fsp3) is 0.333. The van der Waals surface area contributed by atoms with Gasteiger partial charge in [0.2, 0.25) is 5.95 Å². The van der Waals surface area contributed by atoms with Crippen LogP contribution >= 0.6 is 0 Å². The normalized spacial score (nSPS) is 17.3. The molecule has 2 heterocycles. The Morgan fingerprint density at radius 3 is 2.58 bits per heavy atom. The summed E-state index contributed by atoms with van der Waals surface area (Å²) >= 11 is 0. The first kappa shape index (κ1) is 16.1. The van der Waals surface area contributed by atoms with Crippen LogP contribution in [0.25, 0.3) is 0 Å². The Kier molecular flexibility index (Phi) is 5.15. The third kappa shape index (κ3) is 3.76. The maximum atomic E-state index is 12.4. The summed E-state index contributed by atoms with van der Waals surface area (Å²) in [5.74, 6) is -0.0813. The van der Waals surface area contributed by atoms with Crippen LogP contribution < -0.4 is 4.90 Å². The van der Waals surface area contributed by atoms with Crippen LogP contribution in [0.4, 0.5) is 5.95 Å². The van der Waals surface area contributed by atoms with Crippen LogP contribution in [-0.2, 0) is 9.53 Å². The highest BCUT2D eigenvalue weighted by molar-refractivity contribution is 5.98. The second-order valence-electron chi connectivity index (χ2n) is 5.65. The fourth-order valence-electron chi connectivity index (χ4n) is 2.80. The van der Waals surface area contributed by atoms with E-state index >= 15 is 0 Å². The molecule has 24 heavy (non-hydrogen) atoms. The number of esters is 1. The number of hydrogen-bond acceptors (Lipinski definition) is 6. The minimum absolute atomic E-state index is 0.206. The number of carbonyl (C=O) groups is 2. The van der Waals surface area contributed by atoms with Gasteiger partial charge < -0.3 is 9.64 Å². The molecule has 0 aliphatic carbocycles. The molecule has 0 N–H and O–H groups in total. The Labute approximate surface area is 140 Å². The number of piperidine rings is 1. The number of nitrogens with zero attached hydrogens (tertiary/aromatic N) is 3. The average molecular weight is 325 g/mol. The summed E-state index contributed by atoms with van der Waals surface area (Å²) in [6.07, 6.45) is 5.90. The highest BCUT2D eigenvalue weighted by Crippen LogP contribution is 2.22. The standard InChI is InChI=1S/C18H19N3O3/c22-16(14-7-2-1-3-8-14)13-24-17(23)15-9-4-5-12-21(15)18-19-10-6-11-20-18/h1-3,6-8,10-11,15H,4-5,9,12-13H2/t15-/m1/s1. The number of ketones is 1. The Bertz CT molecular complexity index is 691. The Hall–Kier alpha value is -2.76. The quantitative estimate of drug-likeness (QED) is 0.620. The Balaban J connectivity index is 1.63. The van der Waals surface area contributed by atoms with E-state index in [0.717, 1.165) is 12.8 Å². The number of ether oxygens (including phenoxy) is 1. The van der Waals surface area contributed by atoms with E-state index in [0.29, 0.717) is 24.5 Å². The van der Waals surface area contributed by atoms with Crippen molar-refractivity contribution in [3.8, 4) is 0 Å². The zero-order valence-electron chi connectivity index (χ0n) is 13.3. The van der Waals surface area contributed by atoms with Crippen molar-refractivity contribution in [2.75, 3.05) is 18.1 Å². The van der Waals surface area contributed by atoms with E-state index in [4.69, 9.17) is 4.74 Å². The van der Waals surface area contributed by atoms with Crippen molar-refractivity contribution in [1.29, 1.82) is 0 Å². The van der Waals surface area contributed by atoms with Gasteiger partial charge in [0.25, 0.3) is 0 Å². The van der Waals surface area contributed by atoms with Crippen LogP contribution in [-0.4, -0.2) is 40.9 Å². The minimum atomic E-state index is -0.440. The lowest BCUT2D eigenvalue weighted by Crippen LogP contribution is -2.46. The predicted molar refractivity (Wildman–Crippen MR) is 88.7 cm³/mol. The van der Waals surface area contributed by atoms with Crippen LogP contribution in [0.15, 0.2) is 48.8 Å². The van der Waals surface area contributed by atoms with E-state index in [1.807, 2.05) is 11.0 Å². The van der Waals surface area contributed by atoms with Crippen molar-refractivity contribution in [3.63, 3.8) is 0 Å². The Morgan fingerprint density at radius 1 is 1.08 bits per heavy atom. The summed E-state index contributed by atoms with van der Waals surface area (Å²) in [6, 6.07) is 10.1. The lowest BCUT2D eigenvalue weighted by atomic mass is 10.0. The van der Waals surface area contributed by atoms with Gasteiger partial charge in [-0.3, -0.25) is 4.79 Å². The van der Waals surface area contributed by atoms with Gasteiger partial charge in [-0.15, -0.1) is 0 Å². The summed E-state index contributed by atoms with van der Waals surface area (Å²) in [5.41, 5.74) is 0.539. The molecule has 0 bridgehead atoms. The SMILES string of the molecule is O=C(COC(=O)[C@H]1CCCCN1c1ncccn1)c1ccccc1. The maximum Gasteiger partial charge on any atom is 0.329 e. The van der Waals surface area contributed by atoms with Crippen LogP contribution in [0.5, 0.6) is 0 Å². The highest BCUT2D eigenvalue weighted by Gasteiger charge is 2.32. The second-order valence-corrected chi connectivity index (χ2v) is 5.65. The molecule has 1 aliphatic rings. The molecule has 1 saturated heterocycles. The van der Waals surface area contributed by atoms with Gasteiger partial charge in [0.05, 0.1) is 0 Å². The van der Waals surface area contributed by atoms with E-state index in [1.54, 1.807) is 42.7 Å². The van der Waals surface area contributed by atoms with Gasteiger partial charge in [-0.2, -0.15) is 0 Å². The van der Waals surface area contributed by atoms with Crippen LogP contribution in [0.3, 0.4) is 0 Å². The van der Waals surface area contributed by atoms with E-state index in [2.05, 4.69) is 9.97 Å². The van der Waals surface area contributed by atoms with E-state index in [1.165, 1.54) is 0 Å². The van der Waals surface area contributed by atoms with Gasteiger partial charge in [0.1, 0.15) is 6.04 Å². The molecular weight excluding hydrogens is 306 g/mol. The smallest absolute Gasteiger partial charge is 0.329 e. The summed E-state index contributed by atoms with van der Waals surface area (Å²) in [7, 11) is 0. The van der Waals surface area contributed by atoms with Crippen LogP contribution in [0.2, 0.25) is 0 Å². The molecule has 1 fully saturated rings. The topological polar surface area (TPSA) is 72.4 Å². The van der Waals surface area contributed by atoms with Crippen molar-refractivity contribution in [2.45, 2.75) is 25.3 Å². The molecule has 0 saturated carbocycles. The number of carbonyl (C=O) groups excluding carboxylic acids is 2. The first-order valence-corrected chi connectivity index (χ1v) is 8.04. The number of anilines is 1. The van der Waals surface area contributed by atoms with Gasteiger partial charge in [-0.25, -0.2) is 14.8 Å². The van der Waals surface area contributed by atoms with Gasteiger partial charge in [0, 0.05) is 24.5 Å². The third-order valence-electron chi connectivity index (χ3n) is 4.03. The van der Waals surface area contributed by atoms with Gasteiger partial charge in [-0.1, -0.05) is 30.3 Å².